The van der Waals surface area contributed by atoms with Gasteiger partial charge in [0.1, 0.15) is 17.3 Å². The van der Waals surface area contributed by atoms with Gasteiger partial charge in [-0.1, -0.05) is 12.1 Å². The number of ether oxygens (including phenoxy) is 1. The number of benzene rings is 1. The number of hydrogen-bond donors (Lipinski definition) is 2. The van der Waals surface area contributed by atoms with Crippen molar-refractivity contribution in [2.24, 2.45) is 4.99 Å². The van der Waals surface area contributed by atoms with Gasteiger partial charge in [0.25, 0.3) is 5.56 Å². The van der Waals surface area contributed by atoms with Gasteiger partial charge >= 0.3 is 5.97 Å². The number of aliphatic imine (C=N–C) groups is 1. The lowest BCUT2D eigenvalue weighted by Gasteiger charge is -2.06. The SMILES string of the molecule is CC=Nc1nc(-c2cccc(OC(C)=O)c2)[nH]c(=O)c1N. The molecule has 0 bridgehead atoms. The maximum atomic E-state index is 11.8. The van der Waals surface area contributed by atoms with E-state index in [1.807, 2.05) is 0 Å². The summed E-state index contributed by atoms with van der Waals surface area (Å²) in [6.07, 6.45) is 1.50. The molecule has 0 amide bonds. The first-order valence-electron chi connectivity index (χ1n) is 6.18. The van der Waals surface area contributed by atoms with E-state index in [9.17, 15) is 9.59 Å². The normalized spacial score (nSPS) is 10.8. The van der Waals surface area contributed by atoms with Crippen LogP contribution in [0.3, 0.4) is 0 Å². The molecule has 0 aliphatic heterocycles. The number of aromatic amines is 1. The Labute approximate surface area is 120 Å². The minimum absolute atomic E-state index is 0.0482. The lowest BCUT2D eigenvalue weighted by atomic mass is 10.2. The Kier molecular flexibility index (Phi) is 4.13. The summed E-state index contributed by atoms with van der Waals surface area (Å²) in [5.74, 6) is 0.375. The molecule has 7 heteroatoms. The molecule has 0 saturated carbocycles. The molecule has 21 heavy (non-hydrogen) atoms. The molecule has 0 aliphatic carbocycles. The van der Waals surface area contributed by atoms with Gasteiger partial charge in [-0.25, -0.2) is 9.98 Å². The number of anilines is 1. The van der Waals surface area contributed by atoms with Gasteiger partial charge in [0, 0.05) is 18.7 Å². The molecule has 0 atom stereocenters. The second-order valence-electron chi connectivity index (χ2n) is 4.16. The molecule has 0 aliphatic rings. The number of rotatable bonds is 3. The quantitative estimate of drug-likeness (QED) is 0.506. The average molecular weight is 286 g/mol. The monoisotopic (exact) mass is 286 g/mol. The average Bonchev–Trinajstić information content (AvgIpc) is 2.43. The van der Waals surface area contributed by atoms with E-state index in [1.54, 1.807) is 31.2 Å². The van der Waals surface area contributed by atoms with Gasteiger partial charge in [0.05, 0.1) is 0 Å². The largest absolute Gasteiger partial charge is 0.427 e. The van der Waals surface area contributed by atoms with Crippen molar-refractivity contribution in [3.8, 4) is 17.1 Å². The first-order valence-corrected chi connectivity index (χ1v) is 6.18. The maximum absolute atomic E-state index is 11.8. The van der Waals surface area contributed by atoms with Gasteiger partial charge in [-0.15, -0.1) is 0 Å². The standard InChI is InChI=1S/C14H14N4O3/c1-3-16-13-11(15)14(20)18-12(17-13)9-5-4-6-10(7-9)21-8(2)19/h3-7H,15H2,1-2H3,(H,17,18,20). The van der Waals surface area contributed by atoms with Crippen molar-refractivity contribution in [2.75, 3.05) is 5.73 Å². The minimum Gasteiger partial charge on any atom is -0.427 e. The highest BCUT2D eigenvalue weighted by Gasteiger charge is 2.10. The third-order valence-electron chi connectivity index (χ3n) is 2.56. The van der Waals surface area contributed by atoms with E-state index in [4.69, 9.17) is 10.5 Å². The van der Waals surface area contributed by atoms with Crippen molar-refractivity contribution in [1.82, 2.24) is 9.97 Å². The number of nitrogens with zero attached hydrogens (tertiary/aromatic N) is 2. The third-order valence-corrected chi connectivity index (χ3v) is 2.56. The molecule has 2 aromatic rings. The highest BCUT2D eigenvalue weighted by atomic mass is 16.5. The summed E-state index contributed by atoms with van der Waals surface area (Å²) in [4.78, 5) is 33.5. The fraction of sp³-hybridized carbons (Fsp3) is 0.143. The third kappa shape index (κ3) is 3.33. The fourth-order valence-electron chi connectivity index (χ4n) is 1.70. The topological polar surface area (TPSA) is 110 Å². The first-order chi connectivity index (χ1) is 10.0. The van der Waals surface area contributed by atoms with Crippen LogP contribution in [-0.2, 0) is 4.79 Å². The number of nitrogen functional groups attached to an aromatic ring is 1. The van der Waals surface area contributed by atoms with Crippen LogP contribution in [0.4, 0.5) is 11.5 Å². The van der Waals surface area contributed by atoms with Crippen molar-refractivity contribution in [2.45, 2.75) is 13.8 Å². The Hall–Kier alpha value is -2.96. The van der Waals surface area contributed by atoms with Crippen molar-refractivity contribution in [3.05, 3.63) is 34.6 Å². The number of hydrogen-bond acceptors (Lipinski definition) is 6. The maximum Gasteiger partial charge on any atom is 0.308 e. The molecule has 7 nitrogen and oxygen atoms in total. The van der Waals surface area contributed by atoms with Crippen molar-refractivity contribution in [3.63, 3.8) is 0 Å². The van der Waals surface area contributed by atoms with Crippen LogP contribution in [0.15, 0.2) is 34.1 Å². The van der Waals surface area contributed by atoms with E-state index in [0.717, 1.165) is 0 Å². The van der Waals surface area contributed by atoms with Crippen LogP contribution in [-0.4, -0.2) is 22.2 Å². The highest BCUT2D eigenvalue weighted by Crippen LogP contribution is 2.23. The Morgan fingerprint density at radius 1 is 1.48 bits per heavy atom. The van der Waals surface area contributed by atoms with Gasteiger partial charge in [-0.05, 0) is 19.1 Å². The number of nitrogens with one attached hydrogen (secondary N) is 1. The zero-order valence-corrected chi connectivity index (χ0v) is 11.6. The number of carbonyl (C=O) groups is 1. The number of nitrogens with two attached hydrogens (primary N) is 1. The summed E-state index contributed by atoms with van der Waals surface area (Å²) in [5, 5.41) is 0. The molecule has 1 aromatic heterocycles. The van der Waals surface area contributed by atoms with Crippen LogP contribution in [0.25, 0.3) is 11.4 Å². The number of H-pyrrole nitrogens is 1. The zero-order valence-electron chi connectivity index (χ0n) is 11.6. The highest BCUT2D eigenvalue weighted by molar-refractivity contribution is 5.71. The summed E-state index contributed by atoms with van der Waals surface area (Å²) < 4.78 is 5.00. The van der Waals surface area contributed by atoms with Gasteiger partial charge < -0.3 is 15.5 Å². The molecule has 108 valence electrons. The molecular formula is C14H14N4O3. The van der Waals surface area contributed by atoms with Crippen LogP contribution in [0, 0.1) is 0 Å². The number of esters is 1. The van der Waals surface area contributed by atoms with Crippen LogP contribution in [0.1, 0.15) is 13.8 Å². The van der Waals surface area contributed by atoms with Crippen molar-refractivity contribution < 1.29 is 9.53 Å². The second-order valence-corrected chi connectivity index (χ2v) is 4.16. The van der Waals surface area contributed by atoms with E-state index in [-0.39, 0.29) is 11.5 Å². The van der Waals surface area contributed by atoms with Crippen molar-refractivity contribution >= 4 is 23.7 Å². The molecule has 1 aromatic carbocycles. The minimum atomic E-state index is -0.474. The lowest BCUT2D eigenvalue weighted by Crippen LogP contribution is -2.14. The van der Waals surface area contributed by atoms with Crippen molar-refractivity contribution in [1.29, 1.82) is 0 Å². The lowest BCUT2D eigenvalue weighted by molar-refractivity contribution is -0.131. The predicted molar refractivity (Wildman–Crippen MR) is 79.8 cm³/mol. The summed E-state index contributed by atoms with van der Waals surface area (Å²) >= 11 is 0. The number of aromatic nitrogens is 2. The molecule has 0 spiro atoms. The smallest absolute Gasteiger partial charge is 0.308 e. The van der Waals surface area contributed by atoms with E-state index in [2.05, 4.69) is 15.0 Å². The zero-order chi connectivity index (χ0) is 15.4. The van der Waals surface area contributed by atoms with Crippen LogP contribution in [0.5, 0.6) is 5.75 Å². The molecule has 0 saturated heterocycles. The first kappa shape index (κ1) is 14.4. The Balaban J connectivity index is 2.51. The predicted octanol–water partition coefficient (Wildman–Crippen LogP) is 1.67. The fourth-order valence-corrected chi connectivity index (χ4v) is 1.70. The number of carbonyl (C=O) groups excluding carboxylic acids is 1. The molecule has 0 radical (unpaired) electrons. The molecule has 3 N–H and O–H groups in total. The Morgan fingerprint density at radius 3 is 2.90 bits per heavy atom. The van der Waals surface area contributed by atoms with E-state index < -0.39 is 11.5 Å². The molecule has 1 heterocycles. The molecule has 0 unspecified atom stereocenters. The van der Waals surface area contributed by atoms with Crippen LogP contribution >= 0.6 is 0 Å². The van der Waals surface area contributed by atoms with Crippen LogP contribution < -0.4 is 16.0 Å². The van der Waals surface area contributed by atoms with Crippen LogP contribution in [0.2, 0.25) is 0 Å². The second kappa shape index (κ2) is 6.00. The van der Waals surface area contributed by atoms with E-state index in [0.29, 0.717) is 17.1 Å². The Bertz CT molecular complexity index is 765. The van der Waals surface area contributed by atoms with Gasteiger partial charge in [-0.2, -0.15) is 0 Å². The molecule has 0 fully saturated rings. The summed E-state index contributed by atoms with van der Waals surface area (Å²) in [7, 11) is 0. The summed E-state index contributed by atoms with van der Waals surface area (Å²) in [5.41, 5.74) is 5.68. The Morgan fingerprint density at radius 2 is 2.24 bits per heavy atom. The van der Waals surface area contributed by atoms with E-state index in [1.165, 1.54) is 13.1 Å². The van der Waals surface area contributed by atoms with Gasteiger partial charge in [-0.3, -0.25) is 9.59 Å². The molecule has 2 rings (SSSR count). The summed E-state index contributed by atoms with van der Waals surface area (Å²) in [6, 6.07) is 6.63. The summed E-state index contributed by atoms with van der Waals surface area (Å²) in [6.45, 7) is 3.01. The van der Waals surface area contributed by atoms with E-state index >= 15 is 0 Å². The molecular weight excluding hydrogens is 272 g/mol. The van der Waals surface area contributed by atoms with Gasteiger partial charge in [0.2, 0.25) is 0 Å². The van der Waals surface area contributed by atoms with Gasteiger partial charge in [0.15, 0.2) is 5.82 Å².